The maximum atomic E-state index is 7.50. The van der Waals surface area contributed by atoms with Gasteiger partial charge in [-0.15, -0.1) is 0 Å². The van der Waals surface area contributed by atoms with Crippen molar-refractivity contribution in [3.63, 3.8) is 0 Å². The standard InChI is InChI=1S/2C8H6P.C2H4.2ClH.Zr/c2*1-2-4-8-7(3-1)5-6-9-8;1-2;;;/h2*1-6H;1H,2H3;2*1H;/q;;;;;+2/p-2. The molecule has 2 aliphatic rings. The van der Waals surface area contributed by atoms with Crippen LogP contribution in [0.1, 0.15) is 25.3 Å². The topological polar surface area (TPSA) is 0 Å². The van der Waals surface area contributed by atoms with Gasteiger partial charge in [-0.05, 0) is 0 Å². The van der Waals surface area contributed by atoms with Gasteiger partial charge in [-0.25, -0.2) is 0 Å². The van der Waals surface area contributed by atoms with Crippen LogP contribution in [0.15, 0.2) is 48.5 Å². The molecule has 0 bridgehead atoms. The van der Waals surface area contributed by atoms with E-state index in [1.165, 1.54) is 38.1 Å². The summed E-state index contributed by atoms with van der Waals surface area (Å²) in [6, 6.07) is 17.2. The normalized spacial score (nSPS) is 23.5. The van der Waals surface area contributed by atoms with Crippen molar-refractivity contribution in [2.24, 2.45) is 0 Å². The maximum absolute atomic E-state index is 7.50. The average molecular weight is 456 g/mol. The molecule has 5 heteroatoms. The summed E-state index contributed by atoms with van der Waals surface area (Å²) >= 11 is -4.24. The molecule has 2 atom stereocenters. The summed E-state index contributed by atoms with van der Waals surface area (Å²) in [6.45, 7) is 2.07. The molecule has 2 unspecified atom stereocenters. The first-order valence-electron chi connectivity index (χ1n) is 7.68. The second-order valence-electron chi connectivity index (χ2n) is 6.14. The zero-order valence-corrected chi connectivity index (χ0v) is 18.4. The predicted molar refractivity (Wildman–Crippen MR) is 107 cm³/mol. The molecule has 0 spiro atoms. The predicted octanol–water partition coefficient (Wildman–Crippen LogP) is 5.06. The Hall–Kier alpha value is 0.113. The van der Waals surface area contributed by atoms with Crippen LogP contribution >= 0.6 is 33.4 Å². The van der Waals surface area contributed by atoms with E-state index in [4.69, 9.17) is 17.0 Å². The Labute approximate surface area is 148 Å². The van der Waals surface area contributed by atoms with Crippen LogP contribution in [0.3, 0.4) is 0 Å². The van der Waals surface area contributed by atoms with Gasteiger partial charge in [-0.3, -0.25) is 0 Å². The summed E-state index contributed by atoms with van der Waals surface area (Å²) < 4.78 is 2.57. The Bertz CT molecular complexity index is 857. The van der Waals surface area contributed by atoms with Crippen molar-refractivity contribution in [2.45, 2.75) is 14.2 Å². The summed E-state index contributed by atoms with van der Waals surface area (Å²) in [5.41, 5.74) is 2.66. The fourth-order valence-electron chi connectivity index (χ4n) is 3.64. The Morgan fingerprint density at radius 1 is 0.826 bits per heavy atom. The van der Waals surface area contributed by atoms with Gasteiger partial charge in [-0.2, -0.15) is 0 Å². The van der Waals surface area contributed by atoms with Gasteiger partial charge in [0.15, 0.2) is 0 Å². The van der Waals surface area contributed by atoms with Gasteiger partial charge in [0.2, 0.25) is 0 Å². The fourth-order valence-corrected chi connectivity index (χ4v) is 25.8. The quantitative estimate of drug-likeness (QED) is 0.554. The third-order valence-electron chi connectivity index (χ3n) is 5.01. The summed E-state index contributed by atoms with van der Waals surface area (Å²) in [7, 11) is 17.5. The Morgan fingerprint density at radius 3 is 1.70 bits per heavy atom. The van der Waals surface area contributed by atoms with Gasteiger partial charge in [-0.1, -0.05) is 0 Å². The molecule has 0 aromatic heterocycles. The molecule has 0 radical (unpaired) electrons. The zero-order chi connectivity index (χ0) is 16.1. The molecule has 0 saturated carbocycles. The molecular formula is C18H16Cl2P2Zr. The van der Waals surface area contributed by atoms with E-state index in [1.54, 1.807) is 0 Å². The van der Waals surface area contributed by atoms with Gasteiger partial charge in [0.05, 0.1) is 0 Å². The number of hydrogen-bond acceptors (Lipinski definition) is 0. The van der Waals surface area contributed by atoms with Crippen LogP contribution < -0.4 is 10.6 Å². The van der Waals surface area contributed by atoms with E-state index in [2.05, 4.69) is 70.8 Å². The second kappa shape index (κ2) is 5.83. The molecule has 2 aliphatic heterocycles. The van der Waals surface area contributed by atoms with E-state index >= 15 is 0 Å². The summed E-state index contributed by atoms with van der Waals surface area (Å²) in [6.07, 6.45) is 0. The molecule has 2 aromatic carbocycles. The van der Waals surface area contributed by atoms with E-state index in [9.17, 15) is 0 Å². The van der Waals surface area contributed by atoms with Crippen LogP contribution in [0.5, 0.6) is 0 Å². The number of fused-ring (bicyclic) bond motifs is 2. The SMILES string of the molecule is C[CH]=[Zr]([Cl])([Cl])([CH]1C=Pc2ccccc21)[CH]1C=Pc2ccccc21. The van der Waals surface area contributed by atoms with Gasteiger partial charge in [0.1, 0.15) is 0 Å². The van der Waals surface area contributed by atoms with Crippen LogP contribution in [-0.4, -0.2) is 15.3 Å². The van der Waals surface area contributed by atoms with Crippen LogP contribution in [0.25, 0.3) is 0 Å². The molecule has 0 fully saturated rings. The second-order valence-corrected chi connectivity index (χ2v) is 29.9. The van der Waals surface area contributed by atoms with Crippen molar-refractivity contribution in [2.75, 3.05) is 0 Å². The number of benzene rings is 2. The molecule has 4 rings (SSSR count). The van der Waals surface area contributed by atoms with E-state index in [-0.39, 0.29) is 7.25 Å². The molecule has 2 heterocycles. The monoisotopic (exact) mass is 454 g/mol. The van der Waals surface area contributed by atoms with Gasteiger partial charge >= 0.3 is 149 Å². The van der Waals surface area contributed by atoms with Gasteiger partial charge < -0.3 is 0 Å². The van der Waals surface area contributed by atoms with Gasteiger partial charge in [0.25, 0.3) is 0 Å². The fraction of sp³-hybridized carbons (Fsp3) is 0.167. The van der Waals surface area contributed by atoms with E-state index in [0.717, 1.165) is 0 Å². The van der Waals surface area contributed by atoms with Crippen LogP contribution in [0, 0.1) is 0 Å². The van der Waals surface area contributed by atoms with Crippen LogP contribution in [0.4, 0.5) is 0 Å². The molecule has 0 amide bonds. The Morgan fingerprint density at radius 2 is 1.26 bits per heavy atom. The summed E-state index contributed by atoms with van der Waals surface area (Å²) in [5, 5.41) is 2.70. The van der Waals surface area contributed by atoms with Crippen molar-refractivity contribution in [1.29, 1.82) is 0 Å². The number of rotatable bonds is 2. The molecule has 0 nitrogen and oxygen atoms in total. The summed E-state index contributed by atoms with van der Waals surface area (Å²) in [4.78, 5) is 0. The average Bonchev–Trinajstić information content (AvgIpc) is 3.20. The minimum absolute atomic E-state index is 0.185. The Kier molecular flexibility index (Phi) is 4.20. The molecule has 23 heavy (non-hydrogen) atoms. The molecule has 0 saturated heterocycles. The van der Waals surface area contributed by atoms with Crippen LogP contribution in [-0.2, 0) is 15.9 Å². The van der Waals surface area contributed by atoms with Crippen molar-refractivity contribution in [3.8, 4) is 0 Å². The molecular weight excluding hydrogens is 440 g/mol. The third kappa shape index (κ3) is 2.48. The minimum atomic E-state index is -4.24. The van der Waals surface area contributed by atoms with E-state index in [0.29, 0.717) is 0 Å². The number of halogens is 2. The van der Waals surface area contributed by atoms with Gasteiger partial charge in [0, 0.05) is 0 Å². The molecule has 2 aromatic rings. The first-order chi connectivity index (χ1) is 11.0. The molecule has 116 valence electrons. The van der Waals surface area contributed by atoms with Crippen molar-refractivity contribution < 1.29 is 15.9 Å². The zero-order valence-electron chi connectivity index (χ0n) is 12.7. The van der Waals surface area contributed by atoms with E-state index in [1.807, 2.05) is 0 Å². The van der Waals surface area contributed by atoms with Crippen LogP contribution in [0.2, 0.25) is 0 Å². The summed E-state index contributed by atoms with van der Waals surface area (Å²) in [5.74, 6) is 4.67. The van der Waals surface area contributed by atoms with E-state index < -0.39 is 15.9 Å². The van der Waals surface area contributed by atoms with Crippen molar-refractivity contribution >= 4 is 59.3 Å². The third-order valence-corrected chi connectivity index (χ3v) is 27.7. The van der Waals surface area contributed by atoms with Crippen molar-refractivity contribution in [1.82, 2.24) is 0 Å². The molecule has 0 aliphatic carbocycles. The van der Waals surface area contributed by atoms with Crippen molar-refractivity contribution in [3.05, 3.63) is 59.7 Å². The molecule has 0 N–H and O–H groups in total. The number of hydrogen-bond donors (Lipinski definition) is 0. The first kappa shape index (κ1) is 16.6. The Balaban J connectivity index is 1.92. The first-order valence-corrected chi connectivity index (χ1v) is 20.2.